The Bertz CT molecular complexity index is 311. The fourth-order valence-corrected chi connectivity index (χ4v) is 2.90. The van der Waals surface area contributed by atoms with Crippen LogP contribution in [0.15, 0.2) is 0 Å². The summed E-state index contributed by atoms with van der Waals surface area (Å²) < 4.78 is 10.9. The van der Waals surface area contributed by atoms with Gasteiger partial charge < -0.3 is 20.1 Å². The molecule has 3 rings (SSSR count). The molecule has 0 aromatic heterocycles. The van der Waals surface area contributed by atoms with Crippen LogP contribution in [0.1, 0.15) is 38.5 Å². The number of carbonyl (C=O) groups is 1. The first kappa shape index (κ1) is 14.1. The summed E-state index contributed by atoms with van der Waals surface area (Å²) in [4.78, 5) is 11.9. The predicted molar refractivity (Wildman–Crippen MR) is 75.6 cm³/mol. The molecule has 0 aromatic carbocycles. The van der Waals surface area contributed by atoms with E-state index in [9.17, 15) is 4.79 Å². The van der Waals surface area contributed by atoms with Crippen LogP contribution in [0.3, 0.4) is 0 Å². The molecule has 0 unspecified atom stereocenters. The van der Waals surface area contributed by atoms with Crippen LogP contribution in [0.25, 0.3) is 0 Å². The Morgan fingerprint density at radius 3 is 2.55 bits per heavy atom. The van der Waals surface area contributed by atoms with Crippen LogP contribution in [-0.4, -0.2) is 44.5 Å². The zero-order valence-corrected chi connectivity index (χ0v) is 12.1. The average Bonchev–Trinajstić information content (AvgIpc) is 3.36. The van der Waals surface area contributed by atoms with Crippen molar-refractivity contribution >= 4 is 6.03 Å². The molecule has 3 aliphatic rings. The zero-order chi connectivity index (χ0) is 13.8. The summed E-state index contributed by atoms with van der Waals surface area (Å²) >= 11 is 0. The maximum absolute atomic E-state index is 11.9. The molecular weight excluding hydrogens is 256 g/mol. The van der Waals surface area contributed by atoms with Crippen molar-refractivity contribution in [3.05, 3.63) is 0 Å². The molecule has 1 saturated heterocycles. The van der Waals surface area contributed by atoms with E-state index >= 15 is 0 Å². The highest BCUT2D eigenvalue weighted by Crippen LogP contribution is 2.44. The van der Waals surface area contributed by atoms with E-state index in [1.54, 1.807) is 0 Å². The van der Waals surface area contributed by atoms with Crippen LogP contribution >= 0.6 is 0 Å². The molecule has 1 atom stereocenters. The Kier molecular flexibility index (Phi) is 4.78. The summed E-state index contributed by atoms with van der Waals surface area (Å²) in [6.45, 7) is 2.91. The van der Waals surface area contributed by atoms with Crippen molar-refractivity contribution in [3.8, 4) is 0 Å². The third-order valence-corrected chi connectivity index (χ3v) is 4.41. The van der Waals surface area contributed by atoms with Gasteiger partial charge in [0, 0.05) is 25.8 Å². The van der Waals surface area contributed by atoms with Gasteiger partial charge in [-0.2, -0.15) is 0 Å². The second kappa shape index (κ2) is 6.76. The van der Waals surface area contributed by atoms with Crippen LogP contribution in [0.5, 0.6) is 0 Å². The van der Waals surface area contributed by atoms with Gasteiger partial charge in [0.25, 0.3) is 0 Å². The molecular formula is C15H26N2O3. The molecule has 0 radical (unpaired) electrons. The van der Waals surface area contributed by atoms with Crippen LogP contribution < -0.4 is 10.6 Å². The quantitative estimate of drug-likeness (QED) is 0.666. The summed E-state index contributed by atoms with van der Waals surface area (Å²) in [6.07, 6.45) is 7.28. The standard InChI is InChI=1S/C15H26N2O3/c18-15(17-14(11-2-3-11)12-4-5-12)16-7-1-8-20-13-6-9-19-10-13/h11-14H,1-10H2,(H2,16,17,18)/t13-/m1/s1. The minimum atomic E-state index is -0.00185. The van der Waals surface area contributed by atoms with Gasteiger partial charge in [-0.05, 0) is 50.4 Å². The lowest BCUT2D eigenvalue weighted by Gasteiger charge is -2.18. The second-order valence-corrected chi connectivity index (χ2v) is 6.31. The van der Waals surface area contributed by atoms with Crippen molar-refractivity contribution in [1.29, 1.82) is 0 Å². The largest absolute Gasteiger partial charge is 0.379 e. The first-order valence-corrected chi connectivity index (χ1v) is 8.06. The Balaban J connectivity index is 1.23. The SMILES string of the molecule is O=C(NCCCO[C@@H]1CCOC1)NC(C1CC1)C1CC1. The molecule has 1 heterocycles. The highest BCUT2D eigenvalue weighted by atomic mass is 16.5. The zero-order valence-electron chi connectivity index (χ0n) is 12.1. The summed E-state index contributed by atoms with van der Waals surface area (Å²) in [5, 5.41) is 6.10. The number of carbonyl (C=O) groups excluding carboxylic acids is 1. The number of rotatable bonds is 8. The number of urea groups is 1. The first-order valence-electron chi connectivity index (χ1n) is 8.06. The van der Waals surface area contributed by atoms with Crippen LogP contribution in [-0.2, 0) is 9.47 Å². The third kappa shape index (κ3) is 4.35. The number of hydrogen-bond donors (Lipinski definition) is 2. The number of ether oxygens (including phenoxy) is 2. The van der Waals surface area contributed by atoms with E-state index in [0.29, 0.717) is 19.2 Å². The molecule has 2 saturated carbocycles. The first-order chi connectivity index (χ1) is 9.83. The van der Waals surface area contributed by atoms with Gasteiger partial charge in [0.15, 0.2) is 0 Å². The van der Waals surface area contributed by atoms with Crippen LogP contribution in [0, 0.1) is 11.8 Å². The van der Waals surface area contributed by atoms with E-state index < -0.39 is 0 Å². The highest BCUT2D eigenvalue weighted by molar-refractivity contribution is 5.74. The van der Waals surface area contributed by atoms with Crippen molar-refractivity contribution in [2.45, 2.75) is 50.7 Å². The van der Waals surface area contributed by atoms with Crippen LogP contribution in [0.2, 0.25) is 0 Å². The maximum Gasteiger partial charge on any atom is 0.315 e. The van der Waals surface area contributed by atoms with E-state index in [-0.39, 0.29) is 12.1 Å². The topological polar surface area (TPSA) is 59.6 Å². The maximum atomic E-state index is 11.9. The Morgan fingerprint density at radius 1 is 1.20 bits per heavy atom. The Labute approximate surface area is 120 Å². The second-order valence-electron chi connectivity index (χ2n) is 6.31. The molecule has 2 N–H and O–H groups in total. The molecule has 0 bridgehead atoms. The lowest BCUT2D eigenvalue weighted by molar-refractivity contribution is 0.0418. The lowest BCUT2D eigenvalue weighted by Crippen LogP contribution is -2.44. The van der Waals surface area contributed by atoms with Crippen molar-refractivity contribution in [1.82, 2.24) is 10.6 Å². The molecule has 20 heavy (non-hydrogen) atoms. The molecule has 1 aliphatic heterocycles. The monoisotopic (exact) mass is 282 g/mol. The molecule has 2 aliphatic carbocycles. The molecule has 0 aromatic rings. The number of nitrogens with one attached hydrogen (secondary N) is 2. The Hall–Kier alpha value is -0.810. The fourth-order valence-electron chi connectivity index (χ4n) is 2.90. The van der Waals surface area contributed by atoms with Crippen LogP contribution in [0.4, 0.5) is 4.79 Å². The summed E-state index contributed by atoms with van der Waals surface area (Å²) in [5.74, 6) is 1.50. The van der Waals surface area contributed by atoms with Crippen molar-refractivity contribution in [2.75, 3.05) is 26.4 Å². The van der Waals surface area contributed by atoms with Gasteiger partial charge in [-0.3, -0.25) is 0 Å². The molecule has 2 amide bonds. The lowest BCUT2D eigenvalue weighted by atomic mass is 10.1. The van der Waals surface area contributed by atoms with Gasteiger partial charge in [-0.25, -0.2) is 4.79 Å². The molecule has 0 spiro atoms. The predicted octanol–water partition coefficient (Wildman–Crippen LogP) is 1.67. The molecule has 5 nitrogen and oxygen atoms in total. The van der Waals surface area contributed by atoms with Gasteiger partial charge >= 0.3 is 6.03 Å². The normalized spacial score (nSPS) is 25.9. The van der Waals surface area contributed by atoms with Gasteiger partial charge in [0.1, 0.15) is 0 Å². The van der Waals surface area contributed by atoms with E-state index in [1.165, 1.54) is 25.7 Å². The van der Waals surface area contributed by atoms with Gasteiger partial charge in [-0.1, -0.05) is 0 Å². The van der Waals surface area contributed by atoms with E-state index in [4.69, 9.17) is 9.47 Å². The molecule has 5 heteroatoms. The van der Waals surface area contributed by atoms with Gasteiger partial charge in [0.05, 0.1) is 12.7 Å². The third-order valence-electron chi connectivity index (χ3n) is 4.41. The minimum Gasteiger partial charge on any atom is -0.379 e. The van der Waals surface area contributed by atoms with E-state index in [2.05, 4.69) is 10.6 Å². The summed E-state index contributed by atoms with van der Waals surface area (Å²) in [7, 11) is 0. The minimum absolute atomic E-state index is 0.00185. The van der Waals surface area contributed by atoms with Crippen molar-refractivity contribution in [2.24, 2.45) is 11.8 Å². The van der Waals surface area contributed by atoms with Crippen molar-refractivity contribution in [3.63, 3.8) is 0 Å². The molecule has 3 fully saturated rings. The van der Waals surface area contributed by atoms with E-state index in [0.717, 1.165) is 37.9 Å². The highest BCUT2D eigenvalue weighted by Gasteiger charge is 2.42. The molecule has 114 valence electrons. The Morgan fingerprint density at radius 2 is 1.95 bits per heavy atom. The summed E-state index contributed by atoms with van der Waals surface area (Å²) in [5.41, 5.74) is 0. The fraction of sp³-hybridized carbons (Fsp3) is 0.933. The van der Waals surface area contributed by atoms with Crippen molar-refractivity contribution < 1.29 is 14.3 Å². The number of amides is 2. The van der Waals surface area contributed by atoms with E-state index in [1.807, 2.05) is 0 Å². The number of hydrogen-bond acceptors (Lipinski definition) is 3. The van der Waals surface area contributed by atoms with Gasteiger partial charge in [0.2, 0.25) is 0 Å². The summed E-state index contributed by atoms with van der Waals surface area (Å²) in [6, 6.07) is 0.430. The van der Waals surface area contributed by atoms with Gasteiger partial charge in [-0.15, -0.1) is 0 Å². The average molecular weight is 282 g/mol. The smallest absolute Gasteiger partial charge is 0.315 e.